The fraction of sp³-hybridized carbons (Fsp3) is 0.824. The van der Waals surface area contributed by atoms with Gasteiger partial charge in [-0.3, -0.25) is 0 Å². The first-order valence-electron chi connectivity index (χ1n) is 8.55. The minimum Gasteiger partial charge on any atom is -0.371 e. The molecule has 2 fully saturated rings. The normalized spacial score (nSPS) is 22.2. The van der Waals surface area contributed by atoms with Gasteiger partial charge in [0.1, 0.15) is 10.6 Å². The topological polar surface area (TPSA) is 34.1 Å². The number of aromatic nitrogens is 1. The van der Waals surface area contributed by atoms with E-state index in [1.807, 2.05) is 18.4 Å². The van der Waals surface area contributed by atoms with E-state index in [-0.39, 0.29) is 5.60 Å². The SMILES string of the molecule is CCc1nc(C2(OC)CCCCCC2)sc1CNC1CC1. The first-order chi connectivity index (χ1) is 10.3. The number of nitrogens with one attached hydrogen (secondary N) is 1. The quantitative estimate of drug-likeness (QED) is 0.802. The van der Waals surface area contributed by atoms with Crippen LogP contribution >= 0.6 is 11.3 Å². The van der Waals surface area contributed by atoms with Crippen molar-refractivity contribution < 1.29 is 4.74 Å². The molecule has 0 aromatic carbocycles. The molecule has 4 heteroatoms. The number of hydrogen-bond acceptors (Lipinski definition) is 4. The van der Waals surface area contributed by atoms with Gasteiger partial charge < -0.3 is 10.1 Å². The molecule has 3 nitrogen and oxygen atoms in total. The summed E-state index contributed by atoms with van der Waals surface area (Å²) in [6.07, 6.45) is 11.2. The summed E-state index contributed by atoms with van der Waals surface area (Å²) >= 11 is 1.89. The fourth-order valence-corrected chi connectivity index (χ4v) is 4.65. The lowest BCUT2D eigenvalue weighted by atomic mass is 9.95. The van der Waals surface area contributed by atoms with Gasteiger partial charge in [0.15, 0.2) is 0 Å². The number of ether oxygens (including phenoxy) is 1. The van der Waals surface area contributed by atoms with Gasteiger partial charge in [-0.1, -0.05) is 32.6 Å². The molecule has 0 spiro atoms. The van der Waals surface area contributed by atoms with Crippen molar-refractivity contribution in [1.29, 1.82) is 0 Å². The van der Waals surface area contributed by atoms with Crippen LogP contribution in [0.3, 0.4) is 0 Å². The highest BCUT2D eigenvalue weighted by Crippen LogP contribution is 2.41. The van der Waals surface area contributed by atoms with Crippen LogP contribution in [0.5, 0.6) is 0 Å². The average Bonchev–Trinajstić information content (AvgIpc) is 3.29. The van der Waals surface area contributed by atoms with Crippen molar-refractivity contribution in [3.05, 3.63) is 15.6 Å². The van der Waals surface area contributed by atoms with Crippen molar-refractivity contribution >= 4 is 11.3 Å². The molecule has 21 heavy (non-hydrogen) atoms. The smallest absolute Gasteiger partial charge is 0.125 e. The van der Waals surface area contributed by atoms with Crippen molar-refractivity contribution in [2.45, 2.75) is 82.9 Å². The monoisotopic (exact) mass is 308 g/mol. The molecule has 0 amide bonds. The standard InChI is InChI=1S/C17H28N2OS/c1-3-14-15(12-18-13-8-9-13)21-16(19-14)17(20-2)10-6-4-5-7-11-17/h13,18H,3-12H2,1-2H3. The Hall–Kier alpha value is -0.450. The predicted molar refractivity (Wildman–Crippen MR) is 87.7 cm³/mol. The lowest BCUT2D eigenvalue weighted by Gasteiger charge is -2.29. The maximum Gasteiger partial charge on any atom is 0.125 e. The summed E-state index contributed by atoms with van der Waals surface area (Å²) < 4.78 is 6.02. The van der Waals surface area contributed by atoms with E-state index in [4.69, 9.17) is 9.72 Å². The Labute approximate surface area is 132 Å². The summed E-state index contributed by atoms with van der Waals surface area (Å²) in [6, 6.07) is 0.759. The first-order valence-corrected chi connectivity index (χ1v) is 9.36. The maximum absolute atomic E-state index is 6.02. The van der Waals surface area contributed by atoms with Crippen LogP contribution in [-0.4, -0.2) is 18.1 Å². The molecule has 0 bridgehead atoms. The molecule has 1 aromatic heterocycles. The summed E-state index contributed by atoms with van der Waals surface area (Å²) in [5.74, 6) is 0. The molecule has 0 unspecified atom stereocenters. The van der Waals surface area contributed by atoms with Gasteiger partial charge in [-0.15, -0.1) is 11.3 Å². The minimum absolute atomic E-state index is 0.108. The van der Waals surface area contributed by atoms with Crippen LogP contribution in [0.4, 0.5) is 0 Å². The van der Waals surface area contributed by atoms with Gasteiger partial charge in [0.25, 0.3) is 0 Å². The van der Waals surface area contributed by atoms with Crippen LogP contribution in [0.2, 0.25) is 0 Å². The molecule has 2 aliphatic carbocycles. The molecule has 3 rings (SSSR count). The van der Waals surface area contributed by atoms with Crippen LogP contribution in [0.15, 0.2) is 0 Å². The lowest BCUT2D eigenvalue weighted by molar-refractivity contribution is -0.0280. The second-order valence-corrected chi connectivity index (χ2v) is 7.59. The van der Waals surface area contributed by atoms with E-state index in [9.17, 15) is 0 Å². The second kappa shape index (κ2) is 6.76. The molecule has 0 radical (unpaired) electrons. The van der Waals surface area contributed by atoms with Crippen molar-refractivity contribution in [2.24, 2.45) is 0 Å². The van der Waals surface area contributed by atoms with Crippen molar-refractivity contribution in [3.8, 4) is 0 Å². The van der Waals surface area contributed by atoms with E-state index >= 15 is 0 Å². The van der Waals surface area contributed by atoms with Gasteiger partial charge in [-0.25, -0.2) is 4.98 Å². The summed E-state index contributed by atoms with van der Waals surface area (Å²) in [4.78, 5) is 6.42. The highest BCUT2D eigenvalue weighted by molar-refractivity contribution is 7.11. The van der Waals surface area contributed by atoms with Gasteiger partial charge in [0, 0.05) is 24.6 Å². The van der Waals surface area contributed by atoms with Crippen LogP contribution in [0, 0.1) is 0 Å². The van der Waals surface area contributed by atoms with Crippen molar-refractivity contribution in [2.75, 3.05) is 7.11 Å². The number of nitrogens with zero attached hydrogens (tertiary/aromatic N) is 1. The third-order valence-corrected chi connectivity index (χ3v) is 6.22. The molecule has 118 valence electrons. The number of rotatable bonds is 6. The van der Waals surface area contributed by atoms with Crippen molar-refractivity contribution in [3.63, 3.8) is 0 Å². The van der Waals surface area contributed by atoms with Gasteiger partial charge >= 0.3 is 0 Å². The molecule has 2 aliphatic rings. The summed E-state index contributed by atoms with van der Waals surface area (Å²) in [7, 11) is 1.88. The highest BCUT2D eigenvalue weighted by Gasteiger charge is 2.36. The van der Waals surface area contributed by atoms with E-state index < -0.39 is 0 Å². The number of aryl methyl sites for hydroxylation is 1. The first kappa shape index (κ1) is 15.4. The molecular formula is C17H28N2OS. The molecule has 0 saturated heterocycles. The molecular weight excluding hydrogens is 280 g/mol. The molecule has 1 aromatic rings. The number of thiazole rings is 1. The molecule has 1 heterocycles. The Balaban J connectivity index is 1.81. The van der Waals surface area contributed by atoms with Gasteiger partial charge in [0.2, 0.25) is 0 Å². The van der Waals surface area contributed by atoms with E-state index in [1.165, 1.54) is 54.1 Å². The predicted octanol–water partition coefficient (Wildman–Crippen LogP) is 4.15. The zero-order valence-electron chi connectivity index (χ0n) is 13.4. The van der Waals surface area contributed by atoms with E-state index in [0.717, 1.165) is 31.8 Å². The van der Waals surface area contributed by atoms with Gasteiger partial charge in [-0.05, 0) is 32.1 Å². The Morgan fingerprint density at radius 1 is 1.24 bits per heavy atom. The zero-order valence-corrected chi connectivity index (χ0v) is 14.2. The summed E-state index contributed by atoms with van der Waals surface area (Å²) in [6.45, 7) is 3.21. The van der Waals surface area contributed by atoms with E-state index in [1.54, 1.807) is 0 Å². The highest BCUT2D eigenvalue weighted by atomic mass is 32.1. The van der Waals surface area contributed by atoms with Gasteiger partial charge in [0.05, 0.1) is 5.69 Å². The van der Waals surface area contributed by atoms with E-state index in [0.29, 0.717) is 0 Å². The molecule has 0 atom stereocenters. The Bertz CT molecular complexity index is 459. The van der Waals surface area contributed by atoms with Crippen LogP contribution < -0.4 is 5.32 Å². The molecule has 1 N–H and O–H groups in total. The van der Waals surface area contributed by atoms with Crippen LogP contribution in [-0.2, 0) is 23.3 Å². The second-order valence-electron chi connectivity index (χ2n) is 6.51. The Morgan fingerprint density at radius 2 is 1.95 bits per heavy atom. The molecule has 0 aliphatic heterocycles. The van der Waals surface area contributed by atoms with Crippen molar-refractivity contribution in [1.82, 2.24) is 10.3 Å². The third-order valence-electron chi connectivity index (χ3n) is 4.93. The van der Waals surface area contributed by atoms with E-state index in [2.05, 4.69) is 12.2 Å². The fourth-order valence-electron chi connectivity index (χ4n) is 3.32. The average molecular weight is 308 g/mol. The minimum atomic E-state index is -0.108. The van der Waals surface area contributed by atoms with Crippen LogP contribution in [0.1, 0.15) is 73.9 Å². The number of hydrogen-bond donors (Lipinski definition) is 1. The summed E-state index contributed by atoms with van der Waals surface area (Å²) in [5.41, 5.74) is 1.17. The lowest BCUT2D eigenvalue weighted by Crippen LogP contribution is -2.27. The maximum atomic E-state index is 6.02. The van der Waals surface area contributed by atoms with Crippen LogP contribution in [0.25, 0.3) is 0 Å². The summed E-state index contributed by atoms with van der Waals surface area (Å²) in [5, 5.41) is 4.87. The molecule has 2 saturated carbocycles. The number of methoxy groups -OCH3 is 1. The largest absolute Gasteiger partial charge is 0.371 e. The zero-order chi connectivity index (χ0) is 14.7. The Kier molecular flexibility index (Phi) is 4.97. The Morgan fingerprint density at radius 3 is 2.52 bits per heavy atom. The third kappa shape index (κ3) is 3.49. The van der Waals surface area contributed by atoms with Gasteiger partial charge in [-0.2, -0.15) is 0 Å².